The van der Waals surface area contributed by atoms with Crippen LogP contribution in [0.1, 0.15) is 36.6 Å². The molecule has 27 heavy (non-hydrogen) atoms. The summed E-state index contributed by atoms with van der Waals surface area (Å²) < 4.78 is 7.82. The average molecular weight is 489 g/mol. The highest BCUT2D eigenvalue weighted by Gasteiger charge is 2.14. The van der Waals surface area contributed by atoms with E-state index < -0.39 is 0 Å². The number of phenols is 1. The first-order chi connectivity index (χ1) is 13.0. The zero-order chi connectivity index (χ0) is 19.4. The number of para-hydroxylation sites is 1. The highest BCUT2D eigenvalue weighted by Crippen LogP contribution is 2.40. The number of nitrogens with zero attached hydrogens (tertiary/aromatic N) is 1. The molecule has 0 amide bonds. The van der Waals surface area contributed by atoms with Gasteiger partial charge in [0.15, 0.2) is 5.75 Å². The fourth-order valence-corrected chi connectivity index (χ4v) is 3.79. The molecule has 3 aromatic rings. The molecule has 0 spiro atoms. The molecule has 1 aromatic heterocycles. The Labute approximate surface area is 176 Å². The Kier molecular flexibility index (Phi) is 6.34. The van der Waals surface area contributed by atoms with E-state index in [2.05, 4.69) is 36.8 Å². The van der Waals surface area contributed by atoms with Crippen LogP contribution in [-0.2, 0) is 0 Å². The van der Waals surface area contributed by atoms with Crippen molar-refractivity contribution in [1.82, 2.24) is 4.98 Å². The zero-order valence-corrected chi connectivity index (χ0v) is 18.2. The number of aromatic nitrogens is 1. The Morgan fingerprint density at radius 3 is 2.37 bits per heavy atom. The smallest absolute Gasteiger partial charge is 0.155 e. The first-order valence-electron chi connectivity index (χ1n) is 8.53. The standard InChI is InChI=1S/C22H19Br2NO2/c1-14(2)18-13-17(27-22-19(23)7-5-8-20(22)24)12-15(21(18)26)9-10-16-6-3-4-11-25-16/h3-14,26H,1-2H3. The summed E-state index contributed by atoms with van der Waals surface area (Å²) in [5, 5.41) is 10.7. The third kappa shape index (κ3) is 4.79. The number of aromatic hydroxyl groups is 1. The Balaban J connectivity index is 2.02. The Morgan fingerprint density at radius 1 is 1.00 bits per heavy atom. The van der Waals surface area contributed by atoms with Gasteiger partial charge in [-0.05, 0) is 86.3 Å². The second-order valence-electron chi connectivity index (χ2n) is 6.35. The molecule has 0 unspecified atom stereocenters. The molecular formula is C22H19Br2NO2. The second kappa shape index (κ2) is 8.72. The third-order valence-corrected chi connectivity index (χ3v) is 5.27. The van der Waals surface area contributed by atoms with Crippen molar-refractivity contribution in [1.29, 1.82) is 0 Å². The molecule has 1 N–H and O–H groups in total. The van der Waals surface area contributed by atoms with Crippen LogP contribution < -0.4 is 4.74 Å². The predicted molar refractivity (Wildman–Crippen MR) is 117 cm³/mol. The molecule has 0 saturated carbocycles. The minimum Gasteiger partial charge on any atom is -0.507 e. The van der Waals surface area contributed by atoms with Crippen LogP contribution in [-0.4, -0.2) is 10.1 Å². The lowest BCUT2D eigenvalue weighted by atomic mass is 9.98. The minimum absolute atomic E-state index is 0.151. The fourth-order valence-electron chi connectivity index (χ4n) is 2.63. The van der Waals surface area contributed by atoms with E-state index in [1.165, 1.54) is 0 Å². The summed E-state index contributed by atoms with van der Waals surface area (Å²) in [5.41, 5.74) is 2.34. The molecule has 0 bridgehead atoms. The van der Waals surface area contributed by atoms with Crippen molar-refractivity contribution in [3.05, 3.63) is 80.5 Å². The molecule has 0 saturated heterocycles. The van der Waals surface area contributed by atoms with Gasteiger partial charge in [0.05, 0.1) is 14.6 Å². The molecule has 138 valence electrons. The number of pyridine rings is 1. The van der Waals surface area contributed by atoms with Gasteiger partial charge in [0, 0.05) is 17.3 Å². The number of hydrogen-bond donors (Lipinski definition) is 1. The normalized spacial score (nSPS) is 11.3. The summed E-state index contributed by atoms with van der Waals surface area (Å²) in [6, 6.07) is 15.2. The molecule has 0 atom stereocenters. The van der Waals surface area contributed by atoms with Crippen LogP contribution in [0.2, 0.25) is 0 Å². The topological polar surface area (TPSA) is 42.4 Å². The van der Waals surface area contributed by atoms with Gasteiger partial charge in [-0.25, -0.2) is 0 Å². The Morgan fingerprint density at radius 2 is 1.74 bits per heavy atom. The van der Waals surface area contributed by atoms with Crippen molar-refractivity contribution in [3.8, 4) is 17.2 Å². The molecule has 2 aromatic carbocycles. The minimum atomic E-state index is 0.151. The van der Waals surface area contributed by atoms with Crippen LogP contribution in [0.5, 0.6) is 17.2 Å². The van der Waals surface area contributed by atoms with E-state index in [0.717, 1.165) is 20.2 Å². The highest BCUT2D eigenvalue weighted by molar-refractivity contribution is 9.11. The first-order valence-corrected chi connectivity index (χ1v) is 10.1. The molecule has 1 heterocycles. The lowest BCUT2D eigenvalue weighted by Gasteiger charge is -2.16. The van der Waals surface area contributed by atoms with Crippen molar-refractivity contribution in [2.75, 3.05) is 0 Å². The van der Waals surface area contributed by atoms with Crippen molar-refractivity contribution < 1.29 is 9.84 Å². The average Bonchev–Trinajstić information content (AvgIpc) is 2.65. The van der Waals surface area contributed by atoms with E-state index in [4.69, 9.17) is 4.74 Å². The molecule has 0 aliphatic heterocycles. The van der Waals surface area contributed by atoms with Crippen molar-refractivity contribution >= 4 is 44.0 Å². The molecule has 0 aliphatic carbocycles. The van der Waals surface area contributed by atoms with E-state index in [9.17, 15) is 5.11 Å². The molecule has 0 aliphatic rings. The van der Waals surface area contributed by atoms with Gasteiger partial charge in [-0.2, -0.15) is 0 Å². The summed E-state index contributed by atoms with van der Waals surface area (Å²) >= 11 is 7.04. The number of ether oxygens (including phenoxy) is 1. The van der Waals surface area contributed by atoms with Crippen molar-refractivity contribution in [3.63, 3.8) is 0 Å². The van der Waals surface area contributed by atoms with Crippen LogP contribution in [0.25, 0.3) is 12.2 Å². The monoisotopic (exact) mass is 487 g/mol. The largest absolute Gasteiger partial charge is 0.507 e. The van der Waals surface area contributed by atoms with Gasteiger partial charge in [0.25, 0.3) is 0 Å². The van der Waals surface area contributed by atoms with E-state index in [0.29, 0.717) is 17.1 Å². The van der Waals surface area contributed by atoms with Crippen molar-refractivity contribution in [2.24, 2.45) is 0 Å². The Hall–Kier alpha value is -2.11. The summed E-state index contributed by atoms with van der Waals surface area (Å²) in [6.45, 7) is 4.08. The summed E-state index contributed by atoms with van der Waals surface area (Å²) in [5.74, 6) is 1.76. The van der Waals surface area contributed by atoms with Gasteiger partial charge in [-0.3, -0.25) is 4.98 Å². The van der Waals surface area contributed by atoms with Crippen LogP contribution in [0.4, 0.5) is 0 Å². The van der Waals surface area contributed by atoms with Gasteiger partial charge >= 0.3 is 0 Å². The van der Waals surface area contributed by atoms with Gasteiger partial charge < -0.3 is 9.84 Å². The van der Waals surface area contributed by atoms with Crippen LogP contribution >= 0.6 is 31.9 Å². The fraction of sp³-hybridized carbons (Fsp3) is 0.136. The number of rotatable bonds is 5. The van der Waals surface area contributed by atoms with Crippen LogP contribution in [0.3, 0.4) is 0 Å². The summed E-state index contributed by atoms with van der Waals surface area (Å²) in [6.07, 6.45) is 5.46. The lowest BCUT2D eigenvalue weighted by molar-refractivity contribution is 0.452. The maximum absolute atomic E-state index is 10.7. The third-order valence-electron chi connectivity index (χ3n) is 4.02. The van der Waals surface area contributed by atoms with Crippen LogP contribution in [0.15, 0.2) is 63.7 Å². The van der Waals surface area contributed by atoms with E-state index in [1.54, 1.807) is 6.20 Å². The maximum Gasteiger partial charge on any atom is 0.155 e. The second-order valence-corrected chi connectivity index (χ2v) is 8.05. The molecule has 3 nitrogen and oxygen atoms in total. The molecule has 5 heteroatoms. The van der Waals surface area contributed by atoms with Crippen molar-refractivity contribution in [2.45, 2.75) is 19.8 Å². The molecular weight excluding hydrogens is 470 g/mol. The van der Waals surface area contributed by atoms with Gasteiger partial charge in [0.1, 0.15) is 11.5 Å². The number of phenolic OH excluding ortho intramolecular Hbond substituents is 1. The number of hydrogen-bond acceptors (Lipinski definition) is 3. The number of benzene rings is 2. The Bertz CT molecular complexity index is 949. The zero-order valence-electron chi connectivity index (χ0n) is 15.0. The van der Waals surface area contributed by atoms with Crippen LogP contribution in [0, 0.1) is 0 Å². The molecule has 0 radical (unpaired) electrons. The van der Waals surface area contributed by atoms with E-state index in [1.807, 2.05) is 74.5 Å². The SMILES string of the molecule is CC(C)c1cc(Oc2c(Br)cccc2Br)cc(C=Cc2ccccn2)c1O. The maximum atomic E-state index is 10.7. The number of halogens is 2. The molecule has 3 rings (SSSR count). The summed E-state index contributed by atoms with van der Waals surface area (Å²) in [7, 11) is 0. The quantitative estimate of drug-likeness (QED) is 0.406. The van der Waals surface area contributed by atoms with E-state index in [-0.39, 0.29) is 11.7 Å². The van der Waals surface area contributed by atoms with Gasteiger partial charge in [-0.1, -0.05) is 26.0 Å². The predicted octanol–water partition coefficient (Wildman–Crippen LogP) is 7.40. The van der Waals surface area contributed by atoms with E-state index >= 15 is 0 Å². The van der Waals surface area contributed by atoms with Gasteiger partial charge in [-0.15, -0.1) is 0 Å². The van der Waals surface area contributed by atoms with Gasteiger partial charge in [0.2, 0.25) is 0 Å². The summed E-state index contributed by atoms with van der Waals surface area (Å²) in [4.78, 5) is 4.28. The first kappa shape index (κ1) is 19.6. The lowest BCUT2D eigenvalue weighted by Crippen LogP contribution is -1.94. The molecule has 0 fully saturated rings. The highest BCUT2D eigenvalue weighted by atomic mass is 79.9.